The van der Waals surface area contributed by atoms with Crippen LogP contribution in [0.1, 0.15) is 6.23 Å². The maximum absolute atomic E-state index is 10.4. The van der Waals surface area contributed by atoms with E-state index in [2.05, 4.69) is 15.0 Å². The number of nitrogens with zero attached hydrogens (tertiary/aromatic N) is 4. The van der Waals surface area contributed by atoms with Crippen LogP contribution >= 0.6 is 0 Å². The first-order valence-corrected chi connectivity index (χ1v) is 7.47. The largest absolute Gasteiger partial charge is 0.472 e. The highest BCUT2D eigenvalue weighted by Crippen LogP contribution is 2.36. The van der Waals surface area contributed by atoms with E-state index in [1.807, 2.05) is 0 Å². The van der Waals surface area contributed by atoms with Crippen LogP contribution in [-0.2, 0) is 4.74 Å². The van der Waals surface area contributed by atoms with Gasteiger partial charge < -0.3 is 35.9 Å². The van der Waals surface area contributed by atoms with Gasteiger partial charge in [0, 0.05) is 0 Å². The van der Waals surface area contributed by atoms with Crippen LogP contribution < -0.4 is 11.5 Å². The van der Waals surface area contributed by atoms with Gasteiger partial charge in [-0.15, -0.1) is 0 Å². The first-order valence-electron chi connectivity index (χ1n) is 7.47. The third-order valence-corrected chi connectivity index (χ3v) is 4.13. The standard InChI is InChI=1S/C14H16N6O5/c15-10-7-12(19-14(16)18-10)20(11(17-7)5-1-2-24-4-5)13-9(23)8(22)6(3-21)25-13/h1-2,4,6,8-9,13,21-23H,3H2,(H4,15,16,18,19)/t6-,8-,9-,13-/m1/s1. The number of aliphatic hydroxyl groups is 3. The van der Waals surface area contributed by atoms with Crippen molar-refractivity contribution in [1.29, 1.82) is 0 Å². The number of hydrogen-bond donors (Lipinski definition) is 5. The minimum atomic E-state index is -1.32. The lowest BCUT2D eigenvalue weighted by Crippen LogP contribution is -2.33. The minimum absolute atomic E-state index is 0.0674. The van der Waals surface area contributed by atoms with E-state index in [1.165, 1.54) is 17.1 Å². The van der Waals surface area contributed by atoms with Gasteiger partial charge in [0.25, 0.3) is 0 Å². The molecule has 11 heteroatoms. The molecule has 0 aliphatic carbocycles. The Balaban J connectivity index is 1.96. The van der Waals surface area contributed by atoms with E-state index in [0.717, 1.165) is 0 Å². The molecular weight excluding hydrogens is 332 g/mol. The van der Waals surface area contributed by atoms with Crippen LogP contribution in [0.5, 0.6) is 0 Å². The molecule has 25 heavy (non-hydrogen) atoms. The van der Waals surface area contributed by atoms with Gasteiger partial charge in [-0.3, -0.25) is 4.57 Å². The van der Waals surface area contributed by atoms with E-state index in [1.54, 1.807) is 6.07 Å². The number of fused-ring (bicyclic) bond motifs is 1. The van der Waals surface area contributed by atoms with Gasteiger partial charge in [0.05, 0.1) is 18.4 Å². The molecule has 0 bridgehead atoms. The van der Waals surface area contributed by atoms with Crippen molar-refractivity contribution in [1.82, 2.24) is 19.5 Å². The molecule has 4 heterocycles. The van der Waals surface area contributed by atoms with E-state index in [-0.39, 0.29) is 22.9 Å². The minimum Gasteiger partial charge on any atom is -0.472 e. The number of aromatic nitrogens is 4. The van der Waals surface area contributed by atoms with Gasteiger partial charge in [0.1, 0.15) is 30.4 Å². The normalized spacial score (nSPS) is 26.5. The van der Waals surface area contributed by atoms with Gasteiger partial charge in [-0.05, 0) is 6.07 Å². The van der Waals surface area contributed by atoms with Gasteiger partial charge in [-0.2, -0.15) is 9.97 Å². The number of nitrogens with two attached hydrogens (primary N) is 2. The predicted molar refractivity (Wildman–Crippen MR) is 84.9 cm³/mol. The molecule has 7 N–H and O–H groups in total. The lowest BCUT2D eigenvalue weighted by atomic mass is 10.1. The third-order valence-electron chi connectivity index (χ3n) is 4.13. The third kappa shape index (κ3) is 2.33. The van der Waals surface area contributed by atoms with Crippen LogP contribution in [0, 0.1) is 0 Å². The molecule has 0 unspecified atom stereocenters. The van der Waals surface area contributed by atoms with E-state index in [4.69, 9.17) is 20.6 Å². The lowest BCUT2D eigenvalue weighted by molar-refractivity contribution is -0.0503. The number of furan rings is 1. The van der Waals surface area contributed by atoms with Crippen LogP contribution in [0.2, 0.25) is 0 Å². The molecule has 0 saturated carbocycles. The van der Waals surface area contributed by atoms with Crippen molar-refractivity contribution in [2.45, 2.75) is 24.5 Å². The van der Waals surface area contributed by atoms with Crippen LogP contribution in [-0.4, -0.2) is 59.8 Å². The number of anilines is 2. The van der Waals surface area contributed by atoms with Gasteiger partial charge in [-0.25, -0.2) is 4.98 Å². The van der Waals surface area contributed by atoms with Crippen molar-refractivity contribution in [3.63, 3.8) is 0 Å². The number of aliphatic hydroxyl groups excluding tert-OH is 3. The first kappa shape index (κ1) is 15.8. The number of ether oxygens (including phenoxy) is 1. The van der Waals surface area contributed by atoms with Crippen molar-refractivity contribution >= 4 is 22.9 Å². The average molecular weight is 348 g/mol. The summed E-state index contributed by atoms with van der Waals surface area (Å²) in [6, 6.07) is 1.66. The van der Waals surface area contributed by atoms with Crippen LogP contribution in [0.3, 0.4) is 0 Å². The molecule has 132 valence electrons. The maximum Gasteiger partial charge on any atom is 0.224 e. The molecule has 3 aromatic heterocycles. The van der Waals surface area contributed by atoms with E-state index < -0.39 is 31.1 Å². The van der Waals surface area contributed by atoms with Gasteiger partial charge in [0.15, 0.2) is 23.2 Å². The Morgan fingerprint density at radius 1 is 1.16 bits per heavy atom. The molecule has 4 rings (SSSR count). The van der Waals surface area contributed by atoms with Gasteiger partial charge in [0.2, 0.25) is 5.95 Å². The lowest BCUT2D eigenvalue weighted by Gasteiger charge is -2.19. The maximum atomic E-state index is 10.4. The van der Waals surface area contributed by atoms with E-state index >= 15 is 0 Å². The molecule has 4 atom stereocenters. The monoisotopic (exact) mass is 348 g/mol. The second kappa shape index (κ2) is 5.67. The smallest absolute Gasteiger partial charge is 0.224 e. The number of hydrogen-bond acceptors (Lipinski definition) is 10. The summed E-state index contributed by atoms with van der Waals surface area (Å²) in [5.41, 5.74) is 12.6. The molecule has 0 spiro atoms. The van der Waals surface area contributed by atoms with Gasteiger partial charge in [-0.1, -0.05) is 0 Å². The summed E-state index contributed by atoms with van der Waals surface area (Å²) in [4.78, 5) is 12.4. The van der Waals surface area contributed by atoms with Crippen LogP contribution in [0.4, 0.5) is 11.8 Å². The summed E-state index contributed by atoms with van der Waals surface area (Å²) in [6.45, 7) is -0.457. The zero-order chi connectivity index (χ0) is 17.7. The quantitative estimate of drug-likeness (QED) is 0.388. The van der Waals surface area contributed by atoms with E-state index in [0.29, 0.717) is 11.4 Å². The van der Waals surface area contributed by atoms with Crippen molar-refractivity contribution in [2.24, 2.45) is 0 Å². The van der Waals surface area contributed by atoms with Crippen molar-refractivity contribution in [2.75, 3.05) is 18.1 Å². The predicted octanol–water partition coefficient (Wildman–Crippen LogP) is -1.14. The average Bonchev–Trinajstić information content (AvgIpc) is 3.27. The Morgan fingerprint density at radius 3 is 2.60 bits per heavy atom. The van der Waals surface area contributed by atoms with Crippen LogP contribution in [0.15, 0.2) is 23.0 Å². The highest BCUT2D eigenvalue weighted by atomic mass is 16.6. The molecule has 1 aliphatic heterocycles. The molecule has 0 radical (unpaired) electrons. The summed E-state index contributed by atoms with van der Waals surface area (Å²) < 4.78 is 12.2. The molecule has 1 fully saturated rings. The van der Waals surface area contributed by atoms with Gasteiger partial charge >= 0.3 is 0 Å². The number of nitrogen functional groups attached to an aromatic ring is 2. The fourth-order valence-electron chi connectivity index (χ4n) is 2.94. The fourth-order valence-corrected chi connectivity index (χ4v) is 2.94. The summed E-state index contributed by atoms with van der Waals surface area (Å²) in [5, 5.41) is 29.8. The Bertz CT molecular complexity index is 910. The zero-order valence-electron chi connectivity index (χ0n) is 12.9. The zero-order valence-corrected chi connectivity index (χ0v) is 12.9. The molecule has 1 aliphatic rings. The number of imidazole rings is 1. The summed E-state index contributed by atoms with van der Waals surface area (Å²) in [6.07, 6.45) is -1.70. The molecule has 0 amide bonds. The number of rotatable bonds is 3. The highest BCUT2D eigenvalue weighted by Gasteiger charge is 2.45. The van der Waals surface area contributed by atoms with Crippen molar-refractivity contribution < 1.29 is 24.5 Å². The van der Waals surface area contributed by atoms with Crippen LogP contribution in [0.25, 0.3) is 22.6 Å². The first-order chi connectivity index (χ1) is 12.0. The summed E-state index contributed by atoms with van der Waals surface area (Å²) in [7, 11) is 0. The molecule has 3 aromatic rings. The summed E-state index contributed by atoms with van der Waals surface area (Å²) in [5.74, 6) is 0.333. The molecule has 11 nitrogen and oxygen atoms in total. The second-order valence-corrected chi connectivity index (χ2v) is 5.69. The fraction of sp³-hybridized carbons (Fsp3) is 0.357. The Hall–Kier alpha value is -2.73. The highest BCUT2D eigenvalue weighted by molar-refractivity contribution is 5.86. The second-order valence-electron chi connectivity index (χ2n) is 5.69. The molecule has 0 aromatic carbocycles. The Kier molecular flexibility index (Phi) is 3.58. The Labute approximate surface area is 140 Å². The topological polar surface area (TPSA) is 179 Å². The SMILES string of the molecule is Nc1nc(N)c2nc(-c3ccoc3)n([C@@H]3O[C@H](CO)[C@@H](O)[C@H]3O)c2n1. The van der Waals surface area contributed by atoms with Crippen molar-refractivity contribution in [3.05, 3.63) is 18.6 Å². The van der Waals surface area contributed by atoms with Crippen molar-refractivity contribution in [3.8, 4) is 11.4 Å². The Morgan fingerprint density at radius 2 is 1.96 bits per heavy atom. The molecular formula is C14H16N6O5. The molecule has 1 saturated heterocycles. The summed E-state index contributed by atoms with van der Waals surface area (Å²) >= 11 is 0. The van der Waals surface area contributed by atoms with E-state index in [9.17, 15) is 15.3 Å².